The maximum Gasteiger partial charge on any atom is 0.143 e. The van der Waals surface area contributed by atoms with Crippen molar-refractivity contribution >= 4 is 16.9 Å². The van der Waals surface area contributed by atoms with Crippen molar-refractivity contribution in [3.8, 4) is 11.3 Å². The lowest BCUT2D eigenvalue weighted by molar-refractivity contribution is 0.184. The second-order valence-corrected chi connectivity index (χ2v) is 9.59. The van der Waals surface area contributed by atoms with Gasteiger partial charge in [-0.05, 0) is 56.9 Å². The first-order valence-corrected chi connectivity index (χ1v) is 11.6. The molecule has 0 radical (unpaired) electrons. The van der Waals surface area contributed by atoms with Crippen LogP contribution < -0.4 is 4.90 Å². The maximum atomic E-state index is 5.38. The highest BCUT2D eigenvalue weighted by Gasteiger charge is 2.35. The van der Waals surface area contributed by atoms with Crippen molar-refractivity contribution in [2.24, 2.45) is 0 Å². The minimum Gasteiger partial charge on any atom is -0.380 e. The number of methoxy groups -OCH3 is 1. The topological polar surface area (TPSA) is 82.7 Å². The molecule has 172 valence electrons. The number of rotatable bonds is 5. The molecule has 3 aromatic heterocycles. The molecule has 33 heavy (non-hydrogen) atoms. The van der Waals surface area contributed by atoms with Crippen LogP contribution in [0.2, 0.25) is 0 Å². The molecule has 5 rings (SSSR count). The van der Waals surface area contributed by atoms with Crippen LogP contribution in [0.5, 0.6) is 0 Å². The summed E-state index contributed by atoms with van der Waals surface area (Å²) in [4.78, 5) is 23.4. The highest BCUT2D eigenvalue weighted by Crippen LogP contribution is 2.37. The lowest BCUT2D eigenvalue weighted by atomic mass is 9.79. The van der Waals surface area contributed by atoms with E-state index in [0.29, 0.717) is 6.61 Å². The van der Waals surface area contributed by atoms with Crippen molar-refractivity contribution in [2.75, 3.05) is 25.1 Å². The number of benzene rings is 1. The number of ether oxygens (including phenoxy) is 1. The summed E-state index contributed by atoms with van der Waals surface area (Å²) in [6, 6.07) is 8.66. The van der Waals surface area contributed by atoms with Gasteiger partial charge in [0.05, 0.1) is 17.7 Å². The van der Waals surface area contributed by atoms with Gasteiger partial charge in [0.15, 0.2) is 0 Å². The average molecular weight is 445 g/mol. The number of aromatic nitrogens is 5. The number of piperidine rings is 1. The lowest BCUT2D eigenvalue weighted by Crippen LogP contribution is -2.42. The fourth-order valence-corrected chi connectivity index (χ4v) is 4.92. The molecule has 0 aliphatic carbocycles. The Morgan fingerprint density at radius 2 is 1.85 bits per heavy atom. The van der Waals surface area contributed by atoms with Crippen LogP contribution in [0.4, 0.5) is 5.82 Å². The number of aromatic amines is 2. The molecule has 1 aliphatic rings. The minimum absolute atomic E-state index is 0.000223. The summed E-state index contributed by atoms with van der Waals surface area (Å²) < 4.78 is 5.38. The number of hydrogen-bond donors (Lipinski definition) is 2. The molecule has 0 atom stereocenters. The zero-order valence-corrected chi connectivity index (χ0v) is 20.1. The number of nitrogens with one attached hydrogen (secondary N) is 2. The largest absolute Gasteiger partial charge is 0.380 e. The summed E-state index contributed by atoms with van der Waals surface area (Å²) in [5.41, 5.74) is 7.74. The Morgan fingerprint density at radius 1 is 1.06 bits per heavy atom. The first-order chi connectivity index (χ1) is 15.9. The summed E-state index contributed by atoms with van der Waals surface area (Å²) in [6.45, 7) is 11.1. The number of imidazole rings is 1. The van der Waals surface area contributed by atoms with Crippen LogP contribution in [-0.2, 0) is 16.8 Å². The van der Waals surface area contributed by atoms with Gasteiger partial charge < -0.3 is 19.6 Å². The number of hydrogen-bond acceptors (Lipinski definition) is 5. The molecule has 4 heterocycles. The number of H-pyrrole nitrogens is 2. The Morgan fingerprint density at radius 3 is 2.61 bits per heavy atom. The molecule has 7 heteroatoms. The van der Waals surface area contributed by atoms with Crippen LogP contribution in [0.1, 0.15) is 48.1 Å². The van der Waals surface area contributed by atoms with E-state index in [1.165, 1.54) is 11.1 Å². The van der Waals surface area contributed by atoms with Gasteiger partial charge in [0.1, 0.15) is 23.6 Å². The summed E-state index contributed by atoms with van der Waals surface area (Å²) in [6.07, 6.45) is 3.68. The third kappa shape index (κ3) is 3.91. The van der Waals surface area contributed by atoms with Crippen molar-refractivity contribution in [2.45, 2.75) is 52.6 Å². The normalized spacial score (nSPS) is 16.0. The summed E-state index contributed by atoms with van der Waals surface area (Å²) in [5, 5.41) is 1.10. The lowest BCUT2D eigenvalue weighted by Gasteiger charge is -2.38. The number of fused-ring (bicyclic) bond motifs is 1. The monoisotopic (exact) mass is 444 g/mol. The van der Waals surface area contributed by atoms with Crippen LogP contribution in [0.25, 0.3) is 22.3 Å². The predicted molar refractivity (Wildman–Crippen MR) is 132 cm³/mol. The van der Waals surface area contributed by atoms with E-state index in [-0.39, 0.29) is 5.41 Å². The molecule has 0 spiro atoms. The minimum atomic E-state index is -0.000223. The van der Waals surface area contributed by atoms with Crippen molar-refractivity contribution in [1.29, 1.82) is 0 Å². The summed E-state index contributed by atoms with van der Waals surface area (Å²) >= 11 is 0. The smallest absolute Gasteiger partial charge is 0.143 e. The Labute approximate surface area is 194 Å². The maximum absolute atomic E-state index is 5.38. The highest BCUT2D eigenvalue weighted by molar-refractivity contribution is 5.88. The van der Waals surface area contributed by atoms with Crippen molar-refractivity contribution in [3.63, 3.8) is 0 Å². The number of nitrogens with zero attached hydrogens (tertiary/aromatic N) is 4. The van der Waals surface area contributed by atoms with Gasteiger partial charge in [0.25, 0.3) is 0 Å². The van der Waals surface area contributed by atoms with Crippen LogP contribution >= 0.6 is 0 Å². The molecule has 0 bridgehead atoms. The Bertz CT molecular complexity index is 1300. The van der Waals surface area contributed by atoms with Gasteiger partial charge in [-0.1, -0.05) is 19.1 Å². The van der Waals surface area contributed by atoms with Crippen LogP contribution in [0.3, 0.4) is 0 Å². The Hall–Kier alpha value is -3.19. The second kappa shape index (κ2) is 8.30. The predicted octanol–water partition coefficient (Wildman–Crippen LogP) is 4.98. The van der Waals surface area contributed by atoms with E-state index in [1.54, 1.807) is 13.4 Å². The molecule has 2 N–H and O–H groups in total. The molecule has 0 unspecified atom stereocenters. The van der Waals surface area contributed by atoms with Crippen molar-refractivity contribution < 1.29 is 4.74 Å². The van der Waals surface area contributed by atoms with Gasteiger partial charge in [0, 0.05) is 42.6 Å². The second-order valence-electron chi connectivity index (χ2n) is 9.59. The van der Waals surface area contributed by atoms with E-state index < -0.39 is 0 Å². The van der Waals surface area contributed by atoms with E-state index in [2.05, 4.69) is 76.8 Å². The zero-order chi connectivity index (χ0) is 23.2. The third-order valence-corrected chi connectivity index (χ3v) is 7.08. The van der Waals surface area contributed by atoms with Crippen molar-refractivity contribution in [3.05, 3.63) is 58.9 Å². The van der Waals surface area contributed by atoms with Crippen LogP contribution in [0, 0.1) is 20.8 Å². The molecule has 1 aromatic carbocycles. The molecular weight excluding hydrogens is 412 g/mol. The highest BCUT2D eigenvalue weighted by atomic mass is 16.5. The molecule has 0 amide bonds. The average Bonchev–Trinajstić information content (AvgIpc) is 3.38. The molecular formula is C26H32N6O. The Kier molecular flexibility index (Phi) is 5.44. The fourth-order valence-electron chi connectivity index (χ4n) is 4.92. The van der Waals surface area contributed by atoms with E-state index in [1.807, 2.05) is 0 Å². The molecule has 0 saturated carbocycles. The molecule has 1 saturated heterocycles. The van der Waals surface area contributed by atoms with Gasteiger partial charge in [-0.3, -0.25) is 0 Å². The van der Waals surface area contributed by atoms with Gasteiger partial charge >= 0.3 is 0 Å². The van der Waals surface area contributed by atoms with Gasteiger partial charge in [-0.2, -0.15) is 0 Å². The molecule has 1 fully saturated rings. The first-order valence-electron chi connectivity index (χ1n) is 11.6. The van der Waals surface area contributed by atoms with Gasteiger partial charge in [0.2, 0.25) is 0 Å². The number of anilines is 1. The third-order valence-electron chi connectivity index (χ3n) is 7.08. The molecule has 1 aliphatic heterocycles. The first kappa shape index (κ1) is 21.6. The van der Waals surface area contributed by atoms with E-state index in [9.17, 15) is 0 Å². The quantitative estimate of drug-likeness (QED) is 0.454. The summed E-state index contributed by atoms with van der Waals surface area (Å²) in [5.74, 6) is 2.10. The van der Waals surface area contributed by atoms with Crippen molar-refractivity contribution in [1.82, 2.24) is 24.9 Å². The Balaban J connectivity index is 1.38. The van der Waals surface area contributed by atoms with E-state index >= 15 is 0 Å². The van der Waals surface area contributed by atoms with E-state index in [4.69, 9.17) is 9.72 Å². The van der Waals surface area contributed by atoms with Crippen LogP contribution in [0.15, 0.2) is 30.6 Å². The standard InChI is InChI=1S/C26H32N6O/c1-16-6-7-19(13-20(16)14-33-5)22-18(3)30-25(31-22)26(4)8-10-32(11-9-26)24-21-12-17(2)29-23(21)27-15-28-24/h6-7,12-13,15H,8-11,14H2,1-5H3,(H,30,31)(H,27,28,29). The molecule has 7 nitrogen and oxygen atoms in total. The van der Waals surface area contributed by atoms with Gasteiger partial charge in [-0.25, -0.2) is 15.0 Å². The fraction of sp³-hybridized carbons (Fsp3) is 0.423. The van der Waals surface area contributed by atoms with Crippen LogP contribution in [-0.4, -0.2) is 45.1 Å². The van der Waals surface area contributed by atoms with Gasteiger partial charge in [-0.15, -0.1) is 0 Å². The SMILES string of the molecule is COCc1cc(-c2nc(C3(C)CCN(c4ncnc5[nH]c(C)cc45)CC3)[nH]c2C)ccc1C. The number of aryl methyl sites for hydroxylation is 3. The zero-order valence-electron chi connectivity index (χ0n) is 20.1. The van der Waals surface area contributed by atoms with E-state index in [0.717, 1.165) is 71.3 Å². The summed E-state index contributed by atoms with van der Waals surface area (Å²) in [7, 11) is 1.74. The molecule has 4 aromatic rings.